The summed E-state index contributed by atoms with van der Waals surface area (Å²) in [5.41, 5.74) is 2.29. The maximum atomic E-state index is 5.99. The van der Waals surface area contributed by atoms with Crippen LogP contribution in [0.3, 0.4) is 0 Å². The minimum absolute atomic E-state index is 0.388. The van der Waals surface area contributed by atoms with Gasteiger partial charge in [-0.2, -0.15) is 11.8 Å². The van der Waals surface area contributed by atoms with Gasteiger partial charge in [0.1, 0.15) is 5.75 Å². The van der Waals surface area contributed by atoms with Crippen LogP contribution in [0.5, 0.6) is 5.75 Å². The van der Waals surface area contributed by atoms with Crippen LogP contribution in [0.25, 0.3) is 0 Å². The molecular formula is C22H27ClN2OS2. The smallest absolute Gasteiger partial charge is 0.170 e. The molecule has 2 aromatic carbocycles. The van der Waals surface area contributed by atoms with Gasteiger partial charge in [-0.25, -0.2) is 0 Å². The molecule has 0 aliphatic heterocycles. The molecule has 1 fully saturated rings. The van der Waals surface area contributed by atoms with Crippen molar-refractivity contribution in [2.24, 2.45) is 0 Å². The molecule has 2 aromatic rings. The largest absolute Gasteiger partial charge is 0.490 e. The highest BCUT2D eigenvalue weighted by molar-refractivity contribution is 7.98. The monoisotopic (exact) mass is 434 g/mol. The van der Waals surface area contributed by atoms with Gasteiger partial charge >= 0.3 is 0 Å². The van der Waals surface area contributed by atoms with Crippen molar-refractivity contribution in [1.82, 2.24) is 5.32 Å². The zero-order valence-electron chi connectivity index (χ0n) is 16.0. The molecule has 1 aliphatic rings. The number of benzene rings is 2. The van der Waals surface area contributed by atoms with Crippen molar-refractivity contribution < 1.29 is 4.74 Å². The second-order valence-electron chi connectivity index (χ2n) is 6.96. The third-order valence-electron chi connectivity index (χ3n) is 4.65. The molecule has 28 heavy (non-hydrogen) atoms. The summed E-state index contributed by atoms with van der Waals surface area (Å²) in [6, 6.07) is 16.1. The summed E-state index contributed by atoms with van der Waals surface area (Å²) in [6.45, 7) is 0.863. The molecule has 0 bridgehead atoms. The number of thiocarbonyl (C=S) groups is 1. The van der Waals surface area contributed by atoms with E-state index in [0.29, 0.717) is 11.2 Å². The van der Waals surface area contributed by atoms with Crippen LogP contribution >= 0.6 is 35.6 Å². The van der Waals surface area contributed by atoms with E-state index in [2.05, 4.69) is 22.8 Å². The molecule has 0 radical (unpaired) electrons. The molecule has 0 saturated heterocycles. The zero-order valence-corrected chi connectivity index (χ0v) is 18.3. The highest BCUT2D eigenvalue weighted by Gasteiger charge is 2.16. The van der Waals surface area contributed by atoms with Crippen molar-refractivity contribution in [2.45, 2.75) is 44.0 Å². The average molecular weight is 435 g/mol. The van der Waals surface area contributed by atoms with Crippen molar-refractivity contribution in [3.8, 4) is 5.75 Å². The summed E-state index contributed by atoms with van der Waals surface area (Å²) in [5.74, 6) is 3.04. The van der Waals surface area contributed by atoms with Gasteiger partial charge in [-0.3, -0.25) is 0 Å². The van der Waals surface area contributed by atoms with E-state index in [1.165, 1.54) is 31.2 Å². The molecule has 1 aliphatic carbocycles. The number of nitrogens with one attached hydrogen (secondary N) is 2. The third-order valence-corrected chi connectivity index (χ3v) is 6.26. The van der Waals surface area contributed by atoms with Crippen LogP contribution in [0.4, 0.5) is 5.69 Å². The summed E-state index contributed by atoms with van der Waals surface area (Å²) >= 11 is 13.2. The highest BCUT2D eigenvalue weighted by atomic mass is 35.5. The maximum Gasteiger partial charge on any atom is 0.170 e. The van der Waals surface area contributed by atoms with Crippen molar-refractivity contribution >= 4 is 46.4 Å². The summed E-state index contributed by atoms with van der Waals surface area (Å²) in [5, 5.41) is 7.95. The van der Waals surface area contributed by atoms with E-state index in [0.717, 1.165) is 40.9 Å². The van der Waals surface area contributed by atoms with E-state index in [4.69, 9.17) is 28.6 Å². The Morgan fingerprint density at radius 1 is 1.07 bits per heavy atom. The van der Waals surface area contributed by atoms with Gasteiger partial charge < -0.3 is 15.4 Å². The minimum atomic E-state index is 0.388. The van der Waals surface area contributed by atoms with Crippen LogP contribution in [0.1, 0.15) is 37.7 Å². The molecule has 0 unspecified atom stereocenters. The Bertz CT molecular complexity index is 731. The van der Waals surface area contributed by atoms with Crippen molar-refractivity contribution in [3.05, 3.63) is 59.1 Å². The molecule has 150 valence electrons. The van der Waals surface area contributed by atoms with Gasteiger partial charge in [0.2, 0.25) is 0 Å². The standard InChI is InChI=1S/C22H27ClN2OS2/c23-18-8-6-17(7-9-18)16-28-15-3-14-24-22(27)25-19-10-12-21(13-11-19)26-20-4-1-2-5-20/h6-13,20H,1-5,14-16H2,(H2,24,25,27). The molecule has 0 heterocycles. The number of halogens is 1. The second-order valence-corrected chi connectivity index (χ2v) is 8.91. The summed E-state index contributed by atoms with van der Waals surface area (Å²) < 4.78 is 5.99. The molecular weight excluding hydrogens is 408 g/mol. The Morgan fingerprint density at radius 3 is 2.50 bits per heavy atom. The zero-order chi connectivity index (χ0) is 19.6. The Morgan fingerprint density at radius 2 is 1.79 bits per heavy atom. The van der Waals surface area contributed by atoms with E-state index >= 15 is 0 Å². The first-order chi connectivity index (χ1) is 13.7. The fourth-order valence-electron chi connectivity index (χ4n) is 3.14. The van der Waals surface area contributed by atoms with Gasteiger partial charge in [-0.1, -0.05) is 23.7 Å². The van der Waals surface area contributed by atoms with Gasteiger partial charge in [-0.05, 0) is 92.0 Å². The Hall–Kier alpha value is -1.43. The summed E-state index contributed by atoms with van der Waals surface area (Å²) in [4.78, 5) is 0. The fourth-order valence-corrected chi connectivity index (χ4v) is 4.40. The van der Waals surface area contributed by atoms with Crippen molar-refractivity contribution in [3.63, 3.8) is 0 Å². The first kappa shape index (κ1) is 21.3. The predicted octanol–water partition coefficient (Wildman–Crippen LogP) is 6.27. The molecule has 6 heteroatoms. The van der Waals surface area contributed by atoms with Gasteiger partial charge in [-0.15, -0.1) is 0 Å². The number of hydrogen-bond acceptors (Lipinski definition) is 3. The van der Waals surface area contributed by atoms with Crippen LogP contribution in [0.15, 0.2) is 48.5 Å². The first-order valence-electron chi connectivity index (χ1n) is 9.83. The maximum absolute atomic E-state index is 5.99. The van der Waals surface area contributed by atoms with Crippen LogP contribution in [-0.4, -0.2) is 23.5 Å². The van der Waals surface area contributed by atoms with Crippen LogP contribution < -0.4 is 15.4 Å². The van der Waals surface area contributed by atoms with E-state index in [1.807, 2.05) is 48.2 Å². The lowest BCUT2D eigenvalue weighted by Gasteiger charge is -2.14. The van der Waals surface area contributed by atoms with Gasteiger partial charge in [0.05, 0.1) is 6.10 Å². The molecule has 3 nitrogen and oxygen atoms in total. The molecule has 2 N–H and O–H groups in total. The topological polar surface area (TPSA) is 33.3 Å². The lowest BCUT2D eigenvalue weighted by molar-refractivity contribution is 0.210. The van der Waals surface area contributed by atoms with Crippen LogP contribution in [0, 0.1) is 0 Å². The third kappa shape index (κ3) is 7.53. The predicted molar refractivity (Wildman–Crippen MR) is 126 cm³/mol. The summed E-state index contributed by atoms with van der Waals surface area (Å²) in [7, 11) is 0. The summed E-state index contributed by atoms with van der Waals surface area (Å²) in [6.07, 6.45) is 6.36. The molecule has 0 spiro atoms. The number of hydrogen-bond donors (Lipinski definition) is 2. The number of ether oxygens (including phenoxy) is 1. The van der Waals surface area contributed by atoms with E-state index in [1.54, 1.807) is 0 Å². The van der Waals surface area contributed by atoms with Gasteiger partial charge in [0.15, 0.2) is 5.11 Å². The normalized spacial score (nSPS) is 14.0. The van der Waals surface area contributed by atoms with Gasteiger partial charge in [0.25, 0.3) is 0 Å². The Labute approximate surface area is 182 Å². The van der Waals surface area contributed by atoms with E-state index in [9.17, 15) is 0 Å². The fraction of sp³-hybridized carbons (Fsp3) is 0.409. The molecule has 0 atom stereocenters. The van der Waals surface area contributed by atoms with Crippen LogP contribution in [0.2, 0.25) is 5.02 Å². The van der Waals surface area contributed by atoms with E-state index < -0.39 is 0 Å². The molecule has 0 amide bonds. The van der Waals surface area contributed by atoms with Crippen LogP contribution in [-0.2, 0) is 5.75 Å². The average Bonchev–Trinajstić information content (AvgIpc) is 3.20. The number of anilines is 1. The minimum Gasteiger partial charge on any atom is -0.490 e. The lowest BCUT2D eigenvalue weighted by Crippen LogP contribution is -2.29. The molecule has 3 rings (SSSR count). The van der Waals surface area contributed by atoms with Gasteiger partial charge in [0, 0.05) is 23.0 Å². The number of rotatable bonds is 9. The second kappa shape index (κ2) is 11.5. The highest BCUT2D eigenvalue weighted by Crippen LogP contribution is 2.25. The van der Waals surface area contributed by atoms with Crippen molar-refractivity contribution in [1.29, 1.82) is 0 Å². The Balaban J connectivity index is 1.27. The first-order valence-corrected chi connectivity index (χ1v) is 11.8. The van der Waals surface area contributed by atoms with Crippen molar-refractivity contribution in [2.75, 3.05) is 17.6 Å². The quantitative estimate of drug-likeness (QED) is 0.359. The SMILES string of the molecule is S=C(NCCCSCc1ccc(Cl)cc1)Nc1ccc(OC2CCCC2)cc1. The lowest BCUT2D eigenvalue weighted by atomic mass is 10.2. The molecule has 1 saturated carbocycles. The Kier molecular flexibility index (Phi) is 8.77. The molecule has 0 aromatic heterocycles. The number of thioether (sulfide) groups is 1. The van der Waals surface area contributed by atoms with E-state index in [-0.39, 0.29) is 0 Å².